The summed E-state index contributed by atoms with van der Waals surface area (Å²) in [7, 11) is 0. The molecular weight excluding hydrogens is 358 g/mol. The Labute approximate surface area is 163 Å². The predicted molar refractivity (Wildman–Crippen MR) is 106 cm³/mol. The molecule has 0 bridgehead atoms. The molecule has 148 valence electrons. The van der Waals surface area contributed by atoms with Gasteiger partial charge in [0.25, 0.3) is 5.88 Å². The van der Waals surface area contributed by atoms with Gasteiger partial charge in [0.05, 0.1) is 0 Å². The van der Waals surface area contributed by atoms with Crippen LogP contribution in [0.1, 0.15) is 50.1 Å². The van der Waals surface area contributed by atoms with E-state index in [4.69, 9.17) is 16.2 Å². The van der Waals surface area contributed by atoms with Gasteiger partial charge < -0.3 is 26.8 Å². The van der Waals surface area contributed by atoms with Crippen molar-refractivity contribution in [3.63, 3.8) is 0 Å². The summed E-state index contributed by atoms with van der Waals surface area (Å²) < 4.78 is 5.00. The van der Waals surface area contributed by atoms with Gasteiger partial charge in [0.15, 0.2) is 5.82 Å². The van der Waals surface area contributed by atoms with Crippen LogP contribution in [0.25, 0.3) is 0 Å². The van der Waals surface area contributed by atoms with E-state index in [1.807, 2.05) is 18.2 Å². The number of hydrogen-bond acceptors (Lipinski definition) is 8. The van der Waals surface area contributed by atoms with Gasteiger partial charge in [-0.2, -0.15) is 0 Å². The third-order valence-electron chi connectivity index (χ3n) is 5.14. The molecule has 2 aromatic heterocycles. The van der Waals surface area contributed by atoms with Gasteiger partial charge in [-0.1, -0.05) is 18.9 Å². The second-order valence-corrected chi connectivity index (χ2v) is 7.42. The van der Waals surface area contributed by atoms with Crippen molar-refractivity contribution < 1.29 is 9.53 Å². The largest absolute Gasteiger partial charge is 0.411 e. The van der Waals surface area contributed by atoms with Crippen LogP contribution in [0, 0.1) is 0 Å². The number of pyridine rings is 1. The highest BCUT2D eigenvalue weighted by Gasteiger charge is 2.25. The van der Waals surface area contributed by atoms with E-state index in [1.165, 1.54) is 12.8 Å². The van der Waals surface area contributed by atoms with Crippen LogP contribution < -0.4 is 26.8 Å². The van der Waals surface area contributed by atoms with Crippen LogP contribution in [0.3, 0.4) is 0 Å². The molecule has 2 fully saturated rings. The van der Waals surface area contributed by atoms with E-state index in [0.717, 1.165) is 31.4 Å². The van der Waals surface area contributed by atoms with Crippen LogP contribution in [0.15, 0.2) is 24.3 Å². The second kappa shape index (κ2) is 7.97. The lowest BCUT2D eigenvalue weighted by Gasteiger charge is -2.29. The first-order valence-electron chi connectivity index (χ1n) is 9.69. The smallest absolute Gasteiger partial charge is 0.387 e. The van der Waals surface area contributed by atoms with Gasteiger partial charge in [0, 0.05) is 29.8 Å². The summed E-state index contributed by atoms with van der Waals surface area (Å²) >= 11 is 0. The lowest BCUT2D eigenvalue weighted by Crippen LogP contribution is -2.42. The van der Waals surface area contributed by atoms with Crippen molar-refractivity contribution in [1.29, 1.82) is 0 Å². The summed E-state index contributed by atoms with van der Waals surface area (Å²) in [5.74, 6) is 1.74. The van der Waals surface area contributed by atoms with Crippen LogP contribution in [-0.4, -0.2) is 33.4 Å². The molecule has 1 amide bonds. The number of anilines is 3. The number of amides is 1. The van der Waals surface area contributed by atoms with Crippen molar-refractivity contribution in [2.45, 2.75) is 56.5 Å². The zero-order chi connectivity index (χ0) is 19.5. The van der Waals surface area contributed by atoms with Gasteiger partial charge in [0.1, 0.15) is 11.5 Å². The molecule has 2 heterocycles. The van der Waals surface area contributed by atoms with Crippen LogP contribution in [0.5, 0.6) is 5.88 Å². The minimum absolute atomic E-state index is 0.00428. The molecule has 0 radical (unpaired) electrons. The maximum absolute atomic E-state index is 11.2. The number of aromatic nitrogens is 3. The number of nitrogens with zero attached hydrogens (tertiary/aromatic N) is 3. The van der Waals surface area contributed by atoms with Gasteiger partial charge in [-0.3, -0.25) is 0 Å². The lowest BCUT2D eigenvalue weighted by atomic mass is 9.91. The number of rotatable bonds is 6. The molecular formula is C19H25N7O2. The van der Waals surface area contributed by atoms with E-state index in [2.05, 4.69) is 25.8 Å². The Bertz CT molecular complexity index is 856. The molecule has 0 saturated heterocycles. The molecule has 2 atom stereocenters. The van der Waals surface area contributed by atoms with E-state index < -0.39 is 6.09 Å². The highest BCUT2D eigenvalue weighted by atomic mass is 16.6. The molecule has 0 aliphatic heterocycles. The molecule has 0 aromatic carbocycles. The third kappa shape index (κ3) is 4.48. The van der Waals surface area contributed by atoms with Gasteiger partial charge in [0.2, 0.25) is 0 Å². The molecule has 28 heavy (non-hydrogen) atoms. The summed E-state index contributed by atoms with van der Waals surface area (Å²) in [6.07, 6.45) is 5.62. The first-order valence-corrected chi connectivity index (χ1v) is 9.69. The fourth-order valence-corrected chi connectivity index (χ4v) is 3.51. The van der Waals surface area contributed by atoms with E-state index in [0.29, 0.717) is 23.2 Å². The molecule has 2 aliphatic rings. The Balaban J connectivity index is 1.57. The Morgan fingerprint density at radius 2 is 1.93 bits per heavy atom. The number of nitrogens with one attached hydrogen (secondary N) is 2. The Hall–Kier alpha value is -2.94. The van der Waals surface area contributed by atoms with Crippen LogP contribution in [0.2, 0.25) is 0 Å². The Kier molecular flexibility index (Phi) is 5.25. The van der Waals surface area contributed by atoms with E-state index in [-0.39, 0.29) is 18.0 Å². The lowest BCUT2D eigenvalue weighted by molar-refractivity contribution is 0.209. The monoisotopic (exact) mass is 383 g/mol. The van der Waals surface area contributed by atoms with E-state index in [1.54, 1.807) is 6.07 Å². The molecule has 6 N–H and O–H groups in total. The SMILES string of the molecule is NC(=O)Oc1nnc(N[C@@H]2CCCC[C@@H]2N)cc1Nc1cccc(C2CC2)n1. The van der Waals surface area contributed by atoms with Crippen molar-refractivity contribution in [1.82, 2.24) is 15.2 Å². The number of carbonyl (C=O) groups is 1. The average molecular weight is 383 g/mol. The van der Waals surface area contributed by atoms with Crippen molar-refractivity contribution in [3.05, 3.63) is 30.0 Å². The zero-order valence-electron chi connectivity index (χ0n) is 15.6. The number of hydrogen-bond donors (Lipinski definition) is 4. The predicted octanol–water partition coefficient (Wildman–Crippen LogP) is 2.63. The summed E-state index contributed by atoms with van der Waals surface area (Å²) in [5.41, 5.74) is 12.9. The molecule has 9 nitrogen and oxygen atoms in total. The van der Waals surface area contributed by atoms with Crippen molar-refractivity contribution in [2.75, 3.05) is 10.6 Å². The van der Waals surface area contributed by atoms with Gasteiger partial charge >= 0.3 is 6.09 Å². The van der Waals surface area contributed by atoms with Gasteiger partial charge in [-0.05, 0) is 37.8 Å². The fraction of sp³-hybridized carbons (Fsp3) is 0.474. The molecule has 2 saturated carbocycles. The highest BCUT2D eigenvalue weighted by Crippen LogP contribution is 2.39. The summed E-state index contributed by atoms with van der Waals surface area (Å²) in [6.45, 7) is 0. The molecule has 0 unspecified atom stereocenters. The minimum atomic E-state index is -0.952. The van der Waals surface area contributed by atoms with Gasteiger partial charge in [-0.25, -0.2) is 9.78 Å². The Morgan fingerprint density at radius 1 is 1.11 bits per heavy atom. The van der Waals surface area contributed by atoms with E-state index in [9.17, 15) is 4.79 Å². The molecule has 4 rings (SSSR count). The molecule has 9 heteroatoms. The van der Waals surface area contributed by atoms with E-state index >= 15 is 0 Å². The average Bonchev–Trinajstić information content (AvgIpc) is 3.51. The molecule has 2 aliphatic carbocycles. The third-order valence-corrected chi connectivity index (χ3v) is 5.14. The maximum Gasteiger partial charge on any atom is 0.411 e. The van der Waals surface area contributed by atoms with Crippen LogP contribution in [0.4, 0.5) is 22.1 Å². The molecule has 0 spiro atoms. The number of ether oxygens (including phenoxy) is 1. The number of nitrogens with two attached hydrogens (primary N) is 2. The maximum atomic E-state index is 11.2. The second-order valence-electron chi connectivity index (χ2n) is 7.42. The first kappa shape index (κ1) is 18.4. The van der Waals surface area contributed by atoms with Gasteiger partial charge in [-0.15, -0.1) is 10.2 Å². The first-order chi connectivity index (χ1) is 13.6. The minimum Gasteiger partial charge on any atom is -0.387 e. The Morgan fingerprint density at radius 3 is 2.68 bits per heavy atom. The number of primary amides is 1. The molecule has 2 aromatic rings. The van der Waals surface area contributed by atoms with Crippen LogP contribution in [-0.2, 0) is 0 Å². The van der Waals surface area contributed by atoms with Crippen LogP contribution >= 0.6 is 0 Å². The quantitative estimate of drug-likeness (QED) is 0.596. The summed E-state index contributed by atoms with van der Waals surface area (Å²) in [5, 5.41) is 14.6. The normalized spacial score (nSPS) is 21.8. The fourth-order valence-electron chi connectivity index (χ4n) is 3.51. The topological polar surface area (TPSA) is 141 Å². The zero-order valence-corrected chi connectivity index (χ0v) is 15.6. The standard InChI is InChI=1S/C19H25N7O2/c20-12-4-1-2-5-14(12)23-17-10-15(18(26-25-17)28-19(21)27)24-16-7-3-6-13(22-16)11-8-9-11/h3,6-7,10-12,14H,1-2,4-5,8-9,20H2,(H2,21,27)(H2,22,23,24,25)/t12-,14+/m0/s1. The van der Waals surface area contributed by atoms with Crippen molar-refractivity contribution in [3.8, 4) is 5.88 Å². The van der Waals surface area contributed by atoms with Crippen molar-refractivity contribution >= 4 is 23.4 Å². The summed E-state index contributed by atoms with van der Waals surface area (Å²) in [6, 6.07) is 7.77. The number of carbonyl (C=O) groups excluding carboxylic acids is 1. The summed E-state index contributed by atoms with van der Waals surface area (Å²) in [4.78, 5) is 15.9. The van der Waals surface area contributed by atoms with Crippen molar-refractivity contribution in [2.24, 2.45) is 11.5 Å². The highest BCUT2D eigenvalue weighted by molar-refractivity contribution is 5.73.